The van der Waals surface area contributed by atoms with Gasteiger partial charge in [-0.1, -0.05) is 0 Å². The van der Waals surface area contributed by atoms with Crippen molar-refractivity contribution in [1.29, 1.82) is 0 Å². The Labute approximate surface area is 126 Å². The van der Waals surface area contributed by atoms with E-state index >= 15 is 0 Å². The molecular formula is C16H26N2O3. The number of hydrogen-bond donors (Lipinski definition) is 2. The number of nitrogens with one attached hydrogen (secondary N) is 1. The molecule has 1 aliphatic rings. The van der Waals surface area contributed by atoms with Crippen molar-refractivity contribution >= 4 is 11.4 Å². The Morgan fingerprint density at radius 3 is 2.76 bits per heavy atom. The van der Waals surface area contributed by atoms with Crippen LogP contribution in [0.5, 0.6) is 0 Å². The first-order valence-electron chi connectivity index (χ1n) is 7.54. The number of anilines is 2. The van der Waals surface area contributed by atoms with E-state index in [1.165, 1.54) is 0 Å². The molecule has 5 nitrogen and oxygen atoms in total. The maximum Gasteiger partial charge on any atom is 0.0945 e. The summed E-state index contributed by atoms with van der Waals surface area (Å²) < 4.78 is 11.0. The maximum atomic E-state index is 9.89. The minimum Gasteiger partial charge on any atom is -0.389 e. The van der Waals surface area contributed by atoms with Crippen molar-refractivity contribution < 1.29 is 14.6 Å². The highest BCUT2D eigenvalue weighted by molar-refractivity contribution is 5.54. The summed E-state index contributed by atoms with van der Waals surface area (Å²) in [5, 5.41) is 13.1. The zero-order valence-corrected chi connectivity index (χ0v) is 12.9. The van der Waals surface area contributed by atoms with Crippen molar-refractivity contribution in [2.24, 2.45) is 0 Å². The molecule has 1 aromatic carbocycles. The van der Waals surface area contributed by atoms with Crippen LogP contribution >= 0.6 is 0 Å². The van der Waals surface area contributed by atoms with Crippen LogP contribution in [0.1, 0.15) is 12.8 Å². The largest absolute Gasteiger partial charge is 0.389 e. The summed E-state index contributed by atoms with van der Waals surface area (Å²) >= 11 is 0. The first-order chi connectivity index (χ1) is 10.1. The van der Waals surface area contributed by atoms with Crippen LogP contribution in [0, 0.1) is 0 Å². The van der Waals surface area contributed by atoms with Crippen molar-refractivity contribution in [2.75, 3.05) is 50.7 Å². The molecule has 1 fully saturated rings. The Kier molecular flexibility index (Phi) is 6.29. The number of nitrogens with zero attached hydrogens (tertiary/aromatic N) is 1. The van der Waals surface area contributed by atoms with Gasteiger partial charge in [-0.25, -0.2) is 0 Å². The molecule has 118 valence electrons. The molecule has 2 N–H and O–H groups in total. The van der Waals surface area contributed by atoms with Gasteiger partial charge in [0.15, 0.2) is 0 Å². The predicted octanol–water partition coefficient (Wildman–Crippen LogP) is 1.72. The third-order valence-electron chi connectivity index (χ3n) is 3.56. The number of rotatable bonds is 8. The Morgan fingerprint density at radius 2 is 2.14 bits per heavy atom. The third kappa shape index (κ3) is 5.53. The van der Waals surface area contributed by atoms with Crippen molar-refractivity contribution in [2.45, 2.75) is 25.0 Å². The van der Waals surface area contributed by atoms with Gasteiger partial charge in [-0.15, -0.1) is 0 Å². The van der Waals surface area contributed by atoms with Gasteiger partial charge >= 0.3 is 0 Å². The van der Waals surface area contributed by atoms with Crippen molar-refractivity contribution in [1.82, 2.24) is 0 Å². The van der Waals surface area contributed by atoms with E-state index in [0.717, 1.165) is 30.8 Å². The Morgan fingerprint density at radius 1 is 1.38 bits per heavy atom. The first kappa shape index (κ1) is 16.1. The quantitative estimate of drug-likeness (QED) is 0.764. The molecule has 2 atom stereocenters. The molecule has 5 heteroatoms. The highest BCUT2D eigenvalue weighted by Gasteiger charge is 2.16. The zero-order valence-electron chi connectivity index (χ0n) is 12.9. The third-order valence-corrected chi connectivity index (χ3v) is 3.56. The Balaban J connectivity index is 1.62. The van der Waals surface area contributed by atoms with Crippen molar-refractivity contribution in [3.8, 4) is 0 Å². The van der Waals surface area contributed by atoms with Gasteiger partial charge in [-0.2, -0.15) is 0 Å². The fourth-order valence-electron chi connectivity index (χ4n) is 2.28. The van der Waals surface area contributed by atoms with E-state index in [2.05, 4.69) is 10.2 Å². The van der Waals surface area contributed by atoms with E-state index < -0.39 is 6.10 Å². The summed E-state index contributed by atoms with van der Waals surface area (Å²) in [6, 6.07) is 8.11. The van der Waals surface area contributed by atoms with Crippen molar-refractivity contribution in [3.05, 3.63) is 24.3 Å². The maximum absolute atomic E-state index is 9.89. The minimum atomic E-state index is -0.514. The summed E-state index contributed by atoms with van der Waals surface area (Å²) in [5.41, 5.74) is 2.15. The molecule has 0 aliphatic carbocycles. The molecule has 1 aliphatic heterocycles. The molecule has 1 aromatic rings. The highest BCUT2D eigenvalue weighted by atomic mass is 16.5. The molecule has 0 bridgehead atoms. The normalized spacial score (nSPS) is 19.5. The van der Waals surface area contributed by atoms with Gasteiger partial charge in [0.25, 0.3) is 0 Å². The van der Waals surface area contributed by atoms with Gasteiger partial charge in [-0.05, 0) is 37.1 Å². The lowest BCUT2D eigenvalue weighted by molar-refractivity contribution is -0.0137. The van der Waals surface area contributed by atoms with Crippen LogP contribution < -0.4 is 10.2 Å². The average Bonchev–Trinajstić information content (AvgIpc) is 2.99. The summed E-state index contributed by atoms with van der Waals surface area (Å²) in [6.45, 7) is 2.23. The average molecular weight is 294 g/mol. The number of benzene rings is 1. The van der Waals surface area contributed by atoms with Crippen LogP contribution in [0.4, 0.5) is 11.4 Å². The van der Waals surface area contributed by atoms with Crippen LogP contribution in [0.15, 0.2) is 24.3 Å². The van der Waals surface area contributed by atoms with Gasteiger partial charge in [-0.3, -0.25) is 0 Å². The smallest absolute Gasteiger partial charge is 0.0945 e. The molecule has 1 heterocycles. The van der Waals surface area contributed by atoms with Gasteiger partial charge in [0, 0.05) is 38.6 Å². The lowest BCUT2D eigenvalue weighted by Crippen LogP contribution is -2.27. The molecule has 1 saturated heterocycles. The Bertz CT molecular complexity index is 402. The fraction of sp³-hybridized carbons (Fsp3) is 0.625. The van der Waals surface area contributed by atoms with Crippen molar-refractivity contribution in [3.63, 3.8) is 0 Å². The summed E-state index contributed by atoms with van der Waals surface area (Å²) in [5.74, 6) is 0. The van der Waals surface area contributed by atoms with Gasteiger partial charge in [0.1, 0.15) is 0 Å². The van der Waals surface area contributed by atoms with E-state index in [-0.39, 0.29) is 6.10 Å². The lowest BCUT2D eigenvalue weighted by atomic mass is 10.2. The van der Waals surface area contributed by atoms with Gasteiger partial charge < -0.3 is 24.8 Å². The van der Waals surface area contributed by atoms with E-state index in [1.54, 1.807) is 0 Å². The van der Waals surface area contributed by atoms with Crippen LogP contribution in [0.2, 0.25) is 0 Å². The number of hydrogen-bond acceptors (Lipinski definition) is 5. The van der Waals surface area contributed by atoms with E-state index in [0.29, 0.717) is 19.8 Å². The molecule has 2 unspecified atom stereocenters. The standard InChI is InChI=1S/C16H26N2O3/c1-18(2)14-7-5-13(6-8-14)17-10-15(19)11-20-12-16-4-3-9-21-16/h5-8,15-17,19H,3-4,9-12H2,1-2H3. The number of aliphatic hydroxyl groups excluding tert-OH is 1. The molecular weight excluding hydrogens is 268 g/mol. The molecule has 0 aromatic heterocycles. The first-order valence-corrected chi connectivity index (χ1v) is 7.54. The SMILES string of the molecule is CN(C)c1ccc(NCC(O)COCC2CCCO2)cc1. The monoisotopic (exact) mass is 294 g/mol. The second-order valence-corrected chi connectivity index (χ2v) is 5.65. The lowest BCUT2D eigenvalue weighted by Gasteiger charge is -2.16. The fourth-order valence-corrected chi connectivity index (χ4v) is 2.28. The summed E-state index contributed by atoms with van der Waals surface area (Å²) in [4.78, 5) is 2.05. The predicted molar refractivity (Wildman–Crippen MR) is 85.1 cm³/mol. The zero-order chi connectivity index (χ0) is 15.1. The van der Waals surface area contributed by atoms with Gasteiger partial charge in [0.05, 0.1) is 25.4 Å². The van der Waals surface area contributed by atoms with Crippen LogP contribution in [-0.2, 0) is 9.47 Å². The van der Waals surface area contributed by atoms with Crippen LogP contribution in [0.25, 0.3) is 0 Å². The molecule has 0 radical (unpaired) electrons. The minimum absolute atomic E-state index is 0.212. The second-order valence-electron chi connectivity index (χ2n) is 5.65. The molecule has 0 amide bonds. The number of aliphatic hydroxyl groups is 1. The summed E-state index contributed by atoms with van der Waals surface area (Å²) in [6.07, 6.45) is 1.87. The number of ether oxygens (including phenoxy) is 2. The molecule has 0 saturated carbocycles. The van der Waals surface area contributed by atoms with E-state index in [4.69, 9.17) is 9.47 Å². The molecule has 2 rings (SSSR count). The second kappa shape index (κ2) is 8.22. The van der Waals surface area contributed by atoms with Gasteiger partial charge in [0.2, 0.25) is 0 Å². The topological polar surface area (TPSA) is 54.0 Å². The van der Waals surface area contributed by atoms with Crippen LogP contribution in [0.3, 0.4) is 0 Å². The summed E-state index contributed by atoms with van der Waals surface area (Å²) in [7, 11) is 4.02. The van der Waals surface area contributed by atoms with Crippen LogP contribution in [-0.4, -0.2) is 57.8 Å². The van der Waals surface area contributed by atoms with E-state index in [1.807, 2.05) is 38.4 Å². The molecule has 0 spiro atoms. The Hall–Kier alpha value is -1.30. The highest BCUT2D eigenvalue weighted by Crippen LogP contribution is 2.15. The van der Waals surface area contributed by atoms with E-state index in [9.17, 15) is 5.11 Å². The molecule has 21 heavy (non-hydrogen) atoms.